The lowest BCUT2D eigenvalue weighted by Crippen LogP contribution is -2.58. The first kappa shape index (κ1) is 16.4. The van der Waals surface area contributed by atoms with Gasteiger partial charge in [0.1, 0.15) is 0 Å². The fourth-order valence-corrected chi connectivity index (χ4v) is 1.90. The van der Waals surface area contributed by atoms with E-state index in [4.69, 9.17) is 14.2 Å². The molecule has 0 aromatic heterocycles. The van der Waals surface area contributed by atoms with E-state index in [1.807, 2.05) is 0 Å². The number of hydrogen-bond donors (Lipinski definition) is 0. The first-order valence-electron chi connectivity index (χ1n) is 6.03. The van der Waals surface area contributed by atoms with E-state index in [1.54, 1.807) is 0 Å². The van der Waals surface area contributed by atoms with Gasteiger partial charge in [-0.05, 0) is 6.92 Å². The van der Waals surface area contributed by atoms with Gasteiger partial charge in [0.05, 0.1) is 6.10 Å². The third kappa shape index (κ3) is 4.16. The van der Waals surface area contributed by atoms with Crippen LogP contribution in [0, 0.1) is 0 Å². The Bertz CT molecular complexity index is 397. The molecule has 1 fully saturated rings. The Balaban J connectivity index is 2.93. The molecule has 114 valence electrons. The van der Waals surface area contributed by atoms with Crippen molar-refractivity contribution in [1.29, 1.82) is 0 Å². The van der Waals surface area contributed by atoms with Crippen molar-refractivity contribution in [3.8, 4) is 0 Å². The van der Waals surface area contributed by atoms with Crippen LogP contribution in [0.1, 0.15) is 27.7 Å². The van der Waals surface area contributed by atoms with E-state index < -0.39 is 48.7 Å². The SMILES string of the molecule is CC(=O)O[C@H]1O[C@H](C)[C@H](OC(C)=O)[C@H](OC(C)=O)[C@H]1F. The summed E-state index contributed by atoms with van der Waals surface area (Å²) in [7, 11) is 0. The third-order valence-corrected chi connectivity index (χ3v) is 2.60. The van der Waals surface area contributed by atoms with Crippen LogP contribution in [0.4, 0.5) is 4.39 Å². The van der Waals surface area contributed by atoms with Crippen LogP contribution in [0.25, 0.3) is 0 Å². The van der Waals surface area contributed by atoms with E-state index in [0.29, 0.717) is 0 Å². The van der Waals surface area contributed by atoms with Gasteiger partial charge in [-0.15, -0.1) is 0 Å². The van der Waals surface area contributed by atoms with Gasteiger partial charge >= 0.3 is 17.9 Å². The molecular formula is C12H17FO7. The van der Waals surface area contributed by atoms with Crippen LogP contribution in [0.3, 0.4) is 0 Å². The third-order valence-electron chi connectivity index (χ3n) is 2.60. The standard InChI is InChI=1S/C12H17FO7/c1-5-10(18-6(2)14)11(19-7(3)15)9(13)12(17-5)20-8(4)16/h5,9-12H,1-4H3/t5-,9-,10+,11-,12-/m1/s1. The highest BCUT2D eigenvalue weighted by Crippen LogP contribution is 2.29. The van der Waals surface area contributed by atoms with E-state index in [0.717, 1.165) is 20.8 Å². The van der Waals surface area contributed by atoms with Gasteiger partial charge < -0.3 is 18.9 Å². The van der Waals surface area contributed by atoms with Gasteiger partial charge in [-0.1, -0.05) is 0 Å². The molecular weight excluding hydrogens is 275 g/mol. The van der Waals surface area contributed by atoms with Crippen LogP contribution in [-0.4, -0.2) is 48.7 Å². The number of carbonyl (C=O) groups excluding carboxylic acids is 3. The number of halogens is 1. The largest absolute Gasteiger partial charge is 0.456 e. The summed E-state index contributed by atoms with van der Waals surface area (Å²) in [5.74, 6) is -2.15. The van der Waals surface area contributed by atoms with E-state index in [1.165, 1.54) is 6.92 Å². The Morgan fingerprint density at radius 1 is 0.900 bits per heavy atom. The molecule has 8 heteroatoms. The summed E-state index contributed by atoms with van der Waals surface area (Å²) in [6, 6.07) is 0. The molecule has 0 aromatic carbocycles. The molecule has 0 amide bonds. The maximum absolute atomic E-state index is 14.2. The molecule has 1 aliphatic heterocycles. The molecule has 0 bridgehead atoms. The van der Waals surface area contributed by atoms with Crippen molar-refractivity contribution in [2.75, 3.05) is 0 Å². The molecule has 1 saturated heterocycles. The Labute approximate surface area is 115 Å². The van der Waals surface area contributed by atoms with Crippen molar-refractivity contribution in [1.82, 2.24) is 0 Å². The van der Waals surface area contributed by atoms with Crippen LogP contribution in [0.5, 0.6) is 0 Å². The van der Waals surface area contributed by atoms with Gasteiger partial charge in [-0.25, -0.2) is 4.39 Å². The van der Waals surface area contributed by atoms with Gasteiger partial charge in [-0.3, -0.25) is 14.4 Å². The molecule has 5 atom stereocenters. The van der Waals surface area contributed by atoms with Crippen LogP contribution in [-0.2, 0) is 33.3 Å². The minimum Gasteiger partial charge on any atom is -0.456 e. The number of ether oxygens (including phenoxy) is 4. The number of rotatable bonds is 3. The first-order valence-corrected chi connectivity index (χ1v) is 6.03. The van der Waals surface area contributed by atoms with Crippen molar-refractivity contribution in [2.45, 2.75) is 58.5 Å². The van der Waals surface area contributed by atoms with Crippen LogP contribution in [0.2, 0.25) is 0 Å². The fraction of sp³-hybridized carbons (Fsp3) is 0.750. The summed E-state index contributed by atoms with van der Waals surface area (Å²) in [5.41, 5.74) is 0. The second-order valence-corrected chi connectivity index (χ2v) is 4.41. The number of carbonyl (C=O) groups is 3. The van der Waals surface area contributed by atoms with Gasteiger partial charge in [0.15, 0.2) is 12.2 Å². The zero-order valence-electron chi connectivity index (χ0n) is 11.6. The molecule has 0 radical (unpaired) electrons. The summed E-state index contributed by atoms with van der Waals surface area (Å²) in [6.07, 6.45) is -6.79. The van der Waals surface area contributed by atoms with E-state index in [2.05, 4.69) is 4.74 Å². The predicted octanol–water partition coefficient (Wildman–Crippen LogP) is 0.496. The molecule has 1 aliphatic rings. The number of esters is 3. The highest BCUT2D eigenvalue weighted by molar-refractivity contribution is 5.68. The van der Waals surface area contributed by atoms with Gasteiger partial charge in [-0.2, -0.15) is 0 Å². The molecule has 0 N–H and O–H groups in total. The number of hydrogen-bond acceptors (Lipinski definition) is 7. The summed E-state index contributed by atoms with van der Waals surface area (Å²) in [6.45, 7) is 4.83. The highest BCUT2D eigenvalue weighted by atomic mass is 19.1. The van der Waals surface area contributed by atoms with Crippen molar-refractivity contribution >= 4 is 17.9 Å². The molecule has 0 aliphatic carbocycles. The zero-order chi connectivity index (χ0) is 15.4. The Kier molecular flexibility index (Phi) is 5.43. The minimum absolute atomic E-state index is 0.666. The lowest BCUT2D eigenvalue weighted by Gasteiger charge is -2.40. The summed E-state index contributed by atoms with van der Waals surface area (Å²) >= 11 is 0. The average molecular weight is 292 g/mol. The van der Waals surface area contributed by atoms with Crippen LogP contribution in [0.15, 0.2) is 0 Å². The second kappa shape index (κ2) is 6.65. The molecule has 20 heavy (non-hydrogen) atoms. The van der Waals surface area contributed by atoms with Crippen molar-refractivity contribution < 1.29 is 37.7 Å². The molecule has 0 unspecified atom stereocenters. The Morgan fingerprint density at radius 2 is 1.35 bits per heavy atom. The molecule has 0 spiro atoms. The quantitative estimate of drug-likeness (QED) is 0.552. The van der Waals surface area contributed by atoms with E-state index in [-0.39, 0.29) is 0 Å². The molecule has 0 aromatic rings. The van der Waals surface area contributed by atoms with Crippen molar-refractivity contribution in [2.24, 2.45) is 0 Å². The minimum atomic E-state index is -1.96. The van der Waals surface area contributed by atoms with Gasteiger partial charge in [0, 0.05) is 20.8 Å². The smallest absolute Gasteiger partial charge is 0.305 e. The van der Waals surface area contributed by atoms with E-state index >= 15 is 0 Å². The maximum Gasteiger partial charge on any atom is 0.305 e. The lowest BCUT2D eigenvalue weighted by atomic mass is 10.00. The predicted molar refractivity (Wildman–Crippen MR) is 62.1 cm³/mol. The van der Waals surface area contributed by atoms with Crippen LogP contribution < -0.4 is 0 Å². The fourth-order valence-electron chi connectivity index (χ4n) is 1.90. The van der Waals surface area contributed by atoms with Gasteiger partial charge in [0.2, 0.25) is 12.5 Å². The molecule has 7 nitrogen and oxygen atoms in total. The lowest BCUT2D eigenvalue weighted by molar-refractivity contribution is -0.276. The Morgan fingerprint density at radius 3 is 1.80 bits per heavy atom. The van der Waals surface area contributed by atoms with Gasteiger partial charge in [0.25, 0.3) is 0 Å². The maximum atomic E-state index is 14.2. The van der Waals surface area contributed by atoms with Crippen molar-refractivity contribution in [3.05, 3.63) is 0 Å². The molecule has 0 saturated carbocycles. The molecule has 1 heterocycles. The highest BCUT2D eigenvalue weighted by Gasteiger charge is 2.50. The second-order valence-electron chi connectivity index (χ2n) is 4.41. The first-order chi connectivity index (χ1) is 9.22. The summed E-state index contributed by atoms with van der Waals surface area (Å²) in [5, 5.41) is 0. The Hall–Kier alpha value is -1.70. The summed E-state index contributed by atoms with van der Waals surface area (Å²) < 4.78 is 33.8. The average Bonchev–Trinajstić information content (AvgIpc) is 2.28. The molecule has 1 rings (SSSR count). The topological polar surface area (TPSA) is 88.1 Å². The number of alkyl halides is 1. The normalized spacial score (nSPS) is 33.1. The monoisotopic (exact) mass is 292 g/mol. The van der Waals surface area contributed by atoms with E-state index in [9.17, 15) is 18.8 Å². The summed E-state index contributed by atoms with van der Waals surface area (Å²) in [4.78, 5) is 33.0. The zero-order valence-corrected chi connectivity index (χ0v) is 11.6. The van der Waals surface area contributed by atoms with Crippen LogP contribution >= 0.6 is 0 Å². The van der Waals surface area contributed by atoms with Crippen molar-refractivity contribution in [3.63, 3.8) is 0 Å².